The molecule has 1 fully saturated rings. The summed E-state index contributed by atoms with van der Waals surface area (Å²) < 4.78 is 7.59. The van der Waals surface area contributed by atoms with Crippen molar-refractivity contribution in [2.24, 2.45) is 0 Å². The minimum Gasteiger partial charge on any atom is -0.462 e. The number of carbonyl (C=O) groups is 1. The molecule has 33 heavy (non-hydrogen) atoms. The molecule has 1 heterocycles. The zero-order chi connectivity index (χ0) is 23.8. The summed E-state index contributed by atoms with van der Waals surface area (Å²) in [6.07, 6.45) is 4.43. The first-order chi connectivity index (χ1) is 15.6. The number of rotatable bonds is 7. The zero-order valence-corrected chi connectivity index (χ0v) is 21.5. The Hall–Kier alpha value is -2.46. The van der Waals surface area contributed by atoms with E-state index in [0.717, 1.165) is 22.0 Å². The molecule has 0 aliphatic heterocycles. The van der Waals surface area contributed by atoms with E-state index in [4.69, 9.17) is 4.74 Å². The molecule has 174 valence electrons. The minimum absolute atomic E-state index is 0.0412. The third kappa shape index (κ3) is 5.06. The summed E-state index contributed by atoms with van der Waals surface area (Å²) in [6.45, 7) is 13.4. The number of thioether (sulfide) groups is 1. The summed E-state index contributed by atoms with van der Waals surface area (Å²) in [6, 6.07) is 17.5. The van der Waals surface area contributed by atoms with E-state index in [1.54, 1.807) is 11.8 Å². The van der Waals surface area contributed by atoms with Crippen molar-refractivity contribution in [2.75, 3.05) is 6.61 Å². The van der Waals surface area contributed by atoms with E-state index in [0.29, 0.717) is 12.2 Å². The van der Waals surface area contributed by atoms with Gasteiger partial charge in [0.2, 0.25) is 0 Å². The van der Waals surface area contributed by atoms with Crippen molar-refractivity contribution >= 4 is 17.7 Å². The van der Waals surface area contributed by atoms with Crippen LogP contribution in [0.25, 0.3) is 5.69 Å². The van der Waals surface area contributed by atoms with Crippen molar-refractivity contribution in [2.45, 2.75) is 76.0 Å². The second kappa shape index (κ2) is 9.06. The van der Waals surface area contributed by atoms with Gasteiger partial charge in [-0.2, -0.15) is 0 Å². The fraction of sp³-hybridized carbons (Fsp3) is 0.414. The molecule has 3 nitrogen and oxygen atoms in total. The second-order valence-corrected chi connectivity index (χ2v) is 11.4. The highest BCUT2D eigenvalue weighted by Crippen LogP contribution is 2.49. The van der Waals surface area contributed by atoms with Gasteiger partial charge in [0.1, 0.15) is 0 Å². The molecule has 1 aliphatic rings. The third-order valence-electron chi connectivity index (χ3n) is 6.67. The molecule has 0 N–H and O–H groups in total. The quantitative estimate of drug-likeness (QED) is 0.268. The maximum atomic E-state index is 12.8. The van der Waals surface area contributed by atoms with Gasteiger partial charge in [-0.1, -0.05) is 64.1 Å². The lowest BCUT2D eigenvalue weighted by Gasteiger charge is -2.24. The Morgan fingerprint density at radius 3 is 2.42 bits per heavy atom. The van der Waals surface area contributed by atoms with Gasteiger partial charge < -0.3 is 9.30 Å². The molecule has 0 saturated heterocycles. The summed E-state index contributed by atoms with van der Waals surface area (Å²) in [5.74, 6) is 0.592. The van der Waals surface area contributed by atoms with Crippen LogP contribution in [0.1, 0.15) is 80.1 Å². The van der Waals surface area contributed by atoms with E-state index in [2.05, 4.69) is 74.7 Å². The fourth-order valence-corrected chi connectivity index (χ4v) is 5.22. The molecule has 0 unspecified atom stereocenters. The molecule has 2 aromatic carbocycles. The zero-order valence-electron chi connectivity index (χ0n) is 20.7. The van der Waals surface area contributed by atoms with Crippen LogP contribution in [0, 0.1) is 6.92 Å². The molecule has 3 aromatic rings. The van der Waals surface area contributed by atoms with Crippen LogP contribution in [0.2, 0.25) is 0 Å². The molecule has 4 rings (SSSR count). The summed E-state index contributed by atoms with van der Waals surface area (Å²) in [7, 11) is 0. The number of nitrogens with zero attached hydrogens (tertiary/aromatic N) is 1. The van der Waals surface area contributed by atoms with Gasteiger partial charge in [0.15, 0.2) is 0 Å². The van der Waals surface area contributed by atoms with E-state index in [9.17, 15) is 4.79 Å². The van der Waals surface area contributed by atoms with Crippen LogP contribution < -0.4 is 0 Å². The number of ether oxygens (including phenoxy) is 1. The Kier molecular flexibility index (Phi) is 6.50. The van der Waals surface area contributed by atoms with Gasteiger partial charge in [-0.15, -0.1) is 11.8 Å². The maximum absolute atomic E-state index is 12.8. The molecule has 0 bridgehead atoms. The Bertz CT molecular complexity index is 1130. The standard InChI is InChI=1S/C29H35NO2S/c1-7-32-27(31)25-18-30(26(20(25)2)33-19-21-11-9-8-10-12-21)24-16-22(28(3,4)5)15-23(17-24)29(6)13-14-29/h8-12,15-18H,7,13-14,19H2,1-6H3. The van der Waals surface area contributed by atoms with Crippen molar-refractivity contribution in [1.82, 2.24) is 4.57 Å². The molecular weight excluding hydrogens is 426 g/mol. The van der Waals surface area contributed by atoms with Crippen LogP contribution in [-0.4, -0.2) is 17.1 Å². The molecule has 1 aliphatic carbocycles. The van der Waals surface area contributed by atoms with E-state index in [1.165, 1.54) is 29.5 Å². The van der Waals surface area contributed by atoms with E-state index >= 15 is 0 Å². The van der Waals surface area contributed by atoms with Crippen molar-refractivity contribution in [3.05, 3.63) is 82.5 Å². The summed E-state index contributed by atoms with van der Waals surface area (Å²) in [5.41, 5.74) is 7.04. The Morgan fingerprint density at radius 2 is 1.82 bits per heavy atom. The monoisotopic (exact) mass is 461 g/mol. The molecule has 1 aromatic heterocycles. The van der Waals surface area contributed by atoms with E-state index in [-0.39, 0.29) is 16.8 Å². The van der Waals surface area contributed by atoms with Crippen molar-refractivity contribution in [3.8, 4) is 5.69 Å². The molecule has 0 atom stereocenters. The van der Waals surface area contributed by atoms with Gasteiger partial charge in [0.05, 0.1) is 17.2 Å². The Morgan fingerprint density at radius 1 is 1.12 bits per heavy atom. The number of aromatic nitrogens is 1. The van der Waals surface area contributed by atoms with Crippen LogP contribution in [-0.2, 0) is 21.3 Å². The first-order valence-corrected chi connectivity index (χ1v) is 12.8. The summed E-state index contributed by atoms with van der Waals surface area (Å²) in [5, 5.41) is 1.10. The molecule has 0 radical (unpaired) electrons. The number of esters is 1. The Balaban J connectivity index is 1.83. The topological polar surface area (TPSA) is 31.2 Å². The first-order valence-electron chi connectivity index (χ1n) is 11.8. The molecule has 0 amide bonds. The SMILES string of the molecule is CCOC(=O)c1cn(-c2cc(C(C)(C)C)cc(C3(C)CC3)c2)c(SCc2ccccc2)c1C. The first kappa shape index (κ1) is 23.7. The lowest BCUT2D eigenvalue weighted by Crippen LogP contribution is -2.14. The molecule has 0 spiro atoms. The van der Waals surface area contributed by atoms with Crippen LogP contribution in [0.5, 0.6) is 0 Å². The van der Waals surface area contributed by atoms with Gasteiger partial charge in [-0.05, 0) is 71.9 Å². The van der Waals surface area contributed by atoms with Crippen molar-refractivity contribution in [1.29, 1.82) is 0 Å². The number of carbonyl (C=O) groups excluding carboxylic acids is 1. The van der Waals surface area contributed by atoms with Gasteiger partial charge >= 0.3 is 5.97 Å². The highest BCUT2D eigenvalue weighted by molar-refractivity contribution is 7.98. The third-order valence-corrected chi connectivity index (χ3v) is 7.93. The number of hydrogen-bond acceptors (Lipinski definition) is 3. The predicted octanol–water partition coefficient (Wildman–Crippen LogP) is 7.60. The van der Waals surface area contributed by atoms with Gasteiger partial charge in [0, 0.05) is 17.6 Å². The lowest BCUT2D eigenvalue weighted by atomic mass is 9.83. The minimum atomic E-state index is -0.253. The molecule has 1 saturated carbocycles. The predicted molar refractivity (Wildman–Crippen MR) is 138 cm³/mol. The lowest BCUT2D eigenvalue weighted by molar-refractivity contribution is 0.0525. The van der Waals surface area contributed by atoms with Gasteiger partial charge in [-0.25, -0.2) is 4.79 Å². The average Bonchev–Trinajstić information content (AvgIpc) is 3.45. The maximum Gasteiger partial charge on any atom is 0.339 e. The summed E-state index contributed by atoms with van der Waals surface area (Å²) >= 11 is 1.78. The van der Waals surface area contributed by atoms with Crippen molar-refractivity contribution in [3.63, 3.8) is 0 Å². The van der Waals surface area contributed by atoms with E-state index < -0.39 is 0 Å². The smallest absolute Gasteiger partial charge is 0.339 e. The van der Waals surface area contributed by atoms with Crippen LogP contribution in [0.15, 0.2) is 59.8 Å². The summed E-state index contributed by atoms with van der Waals surface area (Å²) in [4.78, 5) is 12.8. The van der Waals surface area contributed by atoms with E-state index in [1.807, 2.05) is 26.1 Å². The fourth-order valence-electron chi connectivity index (χ4n) is 4.10. The normalized spacial score (nSPS) is 14.8. The second-order valence-electron chi connectivity index (χ2n) is 10.4. The van der Waals surface area contributed by atoms with Crippen LogP contribution in [0.4, 0.5) is 0 Å². The molecule has 4 heteroatoms. The largest absolute Gasteiger partial charge is 0.462 e. The highest BCUT2D eigenvalue weighted by atomic mass is 32.2. The Labute approximate surface area is 202 Å². The van der Waals surface area contributed by atoms with Gasteiger partial charge in [-0.3, -0.25) is 0 Å². The van der Waals surface area contributed by atoms with Crippen LogP contribution in [0.3, 0.4) is 0 Å². The average molecular weight is 462 g/mol. The van der Waals surface area contributed by atoms with Crippen molar-refractivity contribution < 1.29 is 9.53 Å². The van der Waals surface area contributed by atoms with Gasteiger partial charge in [0.25, 0.3) is 0 Å². The van der Waals surface area contributed by atoms with Crippen LogP contribution >= 0.6 is 11.8 Å². The molecular formula is C29H35NO2S. The number of benzene rings is 2. The highest BCUT2D eigenvalue weighted by Gasteiger charge is 2.40. The number of hydrogen-bond donors (Lipinski definition) is 0.